The van der Waals surface area contributed by atoms with E-state index in [1.54, 1.807) is 12.4 Å². The lowest BCUT2D eigenvalue weighted by molar-refractivity contribution is -0.119. The van der Waals surface area contributed by atoms with E-state index in [2.05, 4.69) is 15.6 Å². The molecule has 2 N–H and O–H groups in total. The molecule has 5 heteroatoms. The largest absolute Gasteiger partial charge is 0.381 e. The van der Waals surface area contributed by atoms with Gasteiger partial charge in [-0.25, -0.2) is 0 Å². The molecule has 0 unspecified atom stereocenters. The Morgan fingerprint density at radius 3 is 3.26 bits per heavy atom. The molecule has 2 fully saturated rings. The maximum atomic E-state index is 12.1. The van der Waals surface area contributed by atoms with Crippen LogP contribution in [0.2, 0.25) is 0 Å². The number of fused-ring (bicyclic) bond motifs is 1. The number of hydrogen-bond donors (Lipinski definition) is 2. The first kappa shape index (κ1) is 12.6. The molecule has 0 saturated carbocycles. The van der Waals surface area contributed by atoms with Crippen molar-refractivity contribution in [1.29, 1.82) is 0 Å². The molecule has 1 aromatic rings. The number of nitrogens with one attached hydrogen (secondary N) is 2. The van der Waals surface area contributed by atoms with E-state index in [-0.39, 0.29) is 5.91 Å². The van der Waals surface area contributed by atoms with Crippen LogP contribution < -0.4 is 10.6 Å². The molecular weight excluding hydrogens is 242 g/mol. The third-order valence-electron chi connectivity index (χ3n) is 4.05. The standard InChI is InChI=1S/C14H19N3O2/c18-14(17-12-2-1-3-15-6-12)4-10-8-19-9-11-5-16-7-13(10)11/h1-3,6,10-11,13,16H,4-5,7-9H2,(H,17,18)/t10-,11-,13-/m1/s1. The molecule has 0 bridgehead atoms. The summed E-state index contributed by atoms with van der Waals surface area (Å²) in [5.41, 5.74) is 0.755. The quantitative estimate of drug-likeness (QED) is 0.848. The molecule has 2 aliphatic heterocycles. The van der Waals surface area contributed by atoms with Gasteiger partial charge in [-0.1, -0.05) is 0 Å². The number of carbonyl (C=O) groups is 1. The van der Waals surface area contributed by atoms with Gasteiger partial charge < -0.3 is 15.4 Å². The van der Waals surface area contributed by atoms with E-state index < -0.39 is 0 Å². The number of anilines is 1. The molecule has 0 radical (unpaired) electrons. The smallest absolute Gasteiger partial charge is 0.224 e. The third kappa shape index (κ3) is 2.93. The Morgan fingerprint density at radius 1 is 1.47 bits per heavy atom. The maximum absolute atomic E-state index is 12.1. The van der Waals surface area contributed by atoms with Gasteiger partial charge in [-0.2, -0.15) is 0 Å². The van der Waals surface area contributed by atoms with Crippen molar-refractivity contribution in [2.24, 2.45) is 17.8 Å². The molecular formula is C14H19N3O2. The van der Waals surface area contributed by atoms with Crippen molar-refractivity contribution in [1.82, 2.24) is 10.3 Å². The van der Waals surface area contributed by atoms with Gasteiger partial charge in [0, 0.05) is 19.2 Å². The van der Waals surface area contributed by atoms with Gasteiger partial charge in [-0.15, -0.1) is 0 Å². The van der Waals surface area contributed by atoms with Crippen molar-refractivity contribution in [3.8, 4) is 0 Å². The summed E-state index contributed by atoms with van der Waals surface area (Å²) in [6.07, 6.45) is 3.88. The molecule has 2 saturated heterocycles. The molecule has 3 heterocycles. The van der Waals surface area contributed by atoms with Crippen LogP contribution in [0.1, 0.15) is 6.42 Å². The molecule has 0 aliphatic carbocycles. The van der Waals surface area contributed by atoms with E-state index in [9.17, 15) is 4.79 Å². The fraction of sp³-hybridized carbons (Fsp3) is 0.571. The highest BCUT2D eigenvalue weighted by atomic mass is 16.5. The molecule has 1 amide bonds. The Kier molecular flexibility index (Phi) is 3.75. The van der Waals surface area contributed by atoms with Crippen molar-refractivity contribution in [2.45, 2.75) is 6.42 Å². The summed E-state index contributed by atoms with van der Waals surface area (Å²) in [7, 11) is 0. The van der Waals surface area contributed by atoms with Gasteiger partial charge in [0.25, 0.3) is 0 Å². The number of carbonyl (C=O) groups excluding carboxylic acids is 1. The molecule has 0 spiro atoms. The molecule has 19 heavy (non-hydrogen) atoms. The topological polar surface area (TPSA) is 63.2 Å². The monoisotopic (exact) mass is 261 g/mol. The summed E-state index contributed by atoms with van der Waals surface area (Å²) in [4.78, 5) is 16.0. The first-order chi connectivity index (χ1) is 9.33. The summed E-state index contributed by atoms with van der Waals surface area (Å²) >= 11 is 0. The lowest BCUT2D eigenvalue weighted by atomic mass is 9.81. The molecule has 3 atom stereocenters. The van der Waals surface area contributed by atoms with Crippen LogP contribution in [0.4, 0.5) is 5.69 Å². The van der Waals surface area contributed by atoms with Gasteiger partial charge in [0.15, 0.2) is 0 Å². The lowest BCUT2D eigenvalue weighted by Gasteiger charge is -2.32. The van der Waals surface area contributed by atoms with Gasteiger partial charge >= 0.3 is 0 Å². The van der Waals surface area contributed by atoms with Gasteiger partial charge in [-0.05, 0) is 36.4 Å². The Morgan fingerprint density at radius 2 is 2.42 bits per heavy atom. The fourth-order valence-electron chi connectivity index (χ4n) is 3.08. The van der Waals surface area contributed by atoms with Crippen molar-refractivity contribution in [2.75, 3.05) is 31.6 Å². The van der Waals surface area contributed by atoms with Crippen LogP contribution in [-0.2, 0) is 9.53 Å². The van der Waals surface area contributed by atoms with Crippen LogP contribution in [0.5, 0.6) is 0 Å². The highest BCUT2D eigenvalue weighted by Crippen LogP contribution is 2.32. The minimum atomic E-state index is 0.0501. The Hall–Kier alpha value is -1.46. The summed E-state index contributed by atoms with van der Waals surface area (Å²) in [5.74, 6) is 1.53. The second kappa shape index (κ2) is 5.67. The highest BCUT2D eigenvalue weighted by molar-refractivity contribution is 5.90. The van der Waals surface area contributed by atoms with Crippen LogP contribution in [0.3, 0.4) is 0 Å². The predicted octanol–water partition coefficient (Wildman–Crippen LogP) is 0.892. The van der Waals surface area contributed by atoms with E-state index in [1.165, 1.54) is 0 Å². The summed E-state index contributed by atoms with van der Waals surface area (Å²) in [5, 5.41) is 6.29. The van der Waals surface area contributed by atoms with Gasteiger partial charge in [0.1, 0.15) is 0 Å². The van der Waals surface area contributed by atoms with E-state index in [0.29, 0.717) is 30.8 Å². The molecule has 102 valence electrons. The molecule has 5 nitrogen and oxygen atoms in total. The number of amides is 1. The van der Waals surface area contributed by atoms with E-state index >= 15 is 0 Å². The number of rotatable bonds is 3. The van der Waals surface area contributed by atoms with Crippen LogP contribution in [0.25, 0.3) is 0 Å². The van der Waals surface area contributed by atoms with E-state index in [0.717, 1.165) is 25.4 Å². The molecule has 0 aromatic carbocycles. The zero-order valence-corrected chi connectivity index (χ0v) is 10.8. The second-order valence-corrected chi connectivity index (χ2v) is 5.37. The minimum absolute atomic E-state index is 0.0501. The van der Waals surface area contributed by atoms with Crippen molar-refractivity contribution in [3.05, 3.63) is 24.5 Å². The number of pyridine rings is 1. The lowest BCUT2D eigenvalue weighted by Crippen LogP contribution is -2.37. The van der Waals surface area contributed by atoms with Crippen molar-refractivity contribution in [3.63, 3.8) is 0 Å². The fourth-order valence-corrected chi connectivity index (χ4v) is 3.08. The SMILES string of the molecule is O=C(C[C@@H]1COC[C@H]2CNC[C@@H]21)Nc1cccnc1. The highest BCUT2D eigenvalue weighted by Gasteiger charge is 2.38. The van der Waals surface area contributed by atoms with Gasteiger partial charge in [-0.3, -0.25) is 9.78 Å². The van der Waals surface area contributed by atoms with Gasteiger partial charge in [0.05, 0.1) is 25.1 Å². The number of hydrogen-bond acceptors (Lipinski definition) is 4. The Labute approximate surface area is 112 Å². The zero-order valence-electron chi connectivity index (χ0n) is 10.8. The molecule has 3 rings (SSSR count). The van der Waals surface area contributed by atoms with E-state index in [4.69, 9.17) is 4.74 Å². The first-order valence-corrected chi connectivity index (χ1v) is 6.81. The summed E-state index contributed by atoms with van der Waals surface area (Å²) < 4.78 is 5.61. The average Bonchev–Trinajstić information content (AvgIpc) is 2.89. The van der Waals surface area contributed by atoms with Crippen LogP contribution in [0, 0.1) is 17.8 Å². The molecule has 1 aromatic heterocycles. The van der Waals surface area contributed by atoms with Gasteiger partial charge in [0.2, 0.25) is 5.91 Å². The van der Waals surface area contributed by atoms with Crippen LogP contribution >= 0.6 is 0 Å². The first-order valence-electron chi connectivity index (χ1n) is 6.81. The minimum Gasteiger partial charge on any atom is -0.381 e. The average molecular weight is 261 g/mol. The Balaban J connectivity index is 1.57. The normalized spacial score (nSPS) is 29.8. The predicted molar refractivity (Wildman–Crippen MR) is 71.6 cm³/mol. The summed E-state index contributed by atoms with van der Waals surface area (Å²) in [6, 6.07) is 3.67. The number of nitrogens with zero attached hydrogens (tertiary/aromatic N) is 1. The maximum Gasteiger partial charge on any atom is 0.224 e. The van der Waals surface area contributed by atoms with Crippen LogP contribution in [0.15, 0.2) is 24.5 Å². The zero-order chi connectivity index (χ0) is 13.1. The van der Waals surface area contributed by atoms with E-state index in [1.807, 2.05) is 12.1 Å². The van der Waals surface area contributed by atoms with Crippen molar-refractivity contribution >= 4 is 11.6 Å². The molecule has 2 aliphatic rings. The van der Waals surface area contributed by atoms with Crippen molar-refractivity contribution < 1.29 is 9.53 Å². The Bertz CT molecular complexity index is 438. The van der Waals surface area contributed by atoms with Crippen LogP contribution in [-0.4, -0.2) is 37.2 Å². The third-order valence-corrected chi connectivity index (χ3v) is 4.05. The second-order valence-electron chi connectivity index (χ2n) is 5.37. The number of ether oxygens (including phenoxy) is 1. The number of aromatic nitrogens is 1. The summed E-state index contributed by atoms with van der Waals surface area (Å²) in [6.45, 7) is 3.56.